The monoisotopic (exact) mass is 235 g/mol. The molecule has 0 radical (unpaired) electrons. The lowest BCUT2D eigenvalue weighted by Gasteiger charge is -2.08. The van der Waals surface area contributed by atoms with Crippen LogP contribution in [-0.4, -0.2) is 33.2 Å². The SMILES string of the molecule is CN=C(NC)NCCCOCc1ccccc1. The molecule has 4 nitrogen and oxygen atoms in total. The lowest BCUT2D eigenvalue weighted by Crippen LogP contribution is -2.35. The Bertz CT molecular complexity index is 325. The lowest BCUT2D eigenvalue weighted by molar-refractivity contribution is 0.119. The number of nitrogens with zero attached hydrogens (tertiary/aromatic N) is 1. The third kappa shape index (κ3) is 5.92. The van der Waals surface area contributed by atoms with Crippen molar-refractivity contribution in [1.29, 1.82) is 0 Å². The van der Waals surface area contributed by atoms with Gasteiger partial charge in [-0.25, -0.2) is 0 Å². The van der Waals surface area contributed by atoms with Crippen LogP contribution in [0.25, 0.3) is 0 Å². The summed E-state index contributed by atoms with van der Waals surface area (Å²) in [6, 6.07) is 10.2. The number of rotatable bonds is 6. The quantitative estimate of drug-likeness (QED) is 0.445. The van der Waals surface area contributed by atoms with E-state index < -0.39 is 0 Å². The van der Waals surface area contributed by atoms with Gasteiger partial charge in [0.2, 0.25) is 0 Å². The Balaban J connectivity index is 2.02. The molecule has 0 aromatic heterocycles. The summed E-state index contributed by atoms with van der Waals surface area (Å²) >= 11 is 0. The van der Waals surface area contributed by atoms with Gasteiger partial charge in [-0.15, -0.1) is 0 Å². The van der Waals surface area contributed by atoms with Crippen LogP contribution in [0.4, 0.5) is 0 Å². The van der Waals surface area contributed by atoms with Gasteiger partial charge in [0.15, 0.2) is 5.96 Å². The Morgan fingerprint density at radius 3 is 2.71 bits per heavy atom. The fourth-order valence-electron chi connectivity index (χ4n) is 1.42. The summed E-state index contributed by atoms with van der Waals surface area (Å²) in [4.78, 5) is 4.03. The van der Waals surface area contributed by atoms with Crippen LogP contribution >= 0.6 is 0 Å². The number of hydrogen-bond acceptors (Lipinski definition) is 2. The zero-order chi connectivity index (χ0) is 12.3. The minimum Gasteiger partial charge on any atom is -0.377 e. The first-order valence-electron chi connectivity index (χ1n) is 5.87. The second-order valence-corrected chi connectivity index (χ2v) is 3.64. The zero-order valence-corrected chi connectivity index (χ0v) is 10.6. The van der Waals surface area contributed by atoms with E-state index in [0.29, 0.717) is 6.61 Å². The average Bonchev–Trinajstić information content (AvgIpc) is 2.39. The first-order chi connectivity index (χ1) is 8.36. The molecule has 0 saturated carbocycles. The molecule has 0 fully saturated rings. The third-order valence-corrected chi connectivity index (χ3v) is 2.33. The molecule has 94 valence electrons. The highest BCUT2D eigenvalue weighted by molar-refractivity contribution is 5.79. The topological polar surface area (TPSA) is 45.7 Å². The molecule has 0 heterocycles. The molecule has 0 spiro atoms. The van der Waals surface area contributed by atoms with Crippen LogP contribution in [0.5, 0.6) is 0 Å². The van der Waals surface area contributed by atoms with Crippen molar-refractivity contribution < 1.29 is 4.74 Å². The van der Waals surface area contributed by atoms with Crippen LogP contribution < -0.4 is 10.6 Å². The Hall–Kier alpha value is -1.55. The van der Waals surface area contributed by atoms with E-state index >= 15 is 0 Å². The normalized spacial score (nSPS) is 11.3. The molecular weight excluding hydrogens is 214 g/mol. The van der Waals surface area contributed by atoms with Crippen LogP contribution in [0.1, 0.15) is 12.0 Å². The Morgan fingerprint density at radius 2 is 2.06 bits per heavy atom. The van der Waals surface area contributed by atoms with Crippen LogP contribution in [-0.2, 0) is 11.3 Å². The minimum absolute atomic E-state index is 0.682. The lowest BCUT2D eigenvalue weighted by atomic mass is 10.2. The first-order valence-corrected chi connectivity index (χ1v) is 5.87. The highest BCUT2D eigenvalue weighted by Gasteiger charge is 1.94. The molecule has 1 rings (SSSR count). The second kappa shape index (κ2) is 8.58. The summed E-state index contributed by atoms with van der Waals surface area (Å²) in [7, 11) is 3.60. The molecule has 0 bridgehead atoms. The van der Waals surface area contributed by atoms with E-state index in [-0.39, 0.29) is 0 Å². The summed E-state index contributed by atoms with van der Waals surface area (Å²) < 4.78 is 5.57. The molecule has 1 aromatic carbocycles. The Kier molecular flexibility index (Phi) is 6.82. The number of ether oxygens (including phenoxy) is 1. The summed E-state index contributed by atoms with van der Waals surface area (Å²) in [5.41, 5.74) is 1.21. The van der Waals surface area contributed by atoms with Crippen molar-refractivity contribution in [3.05, 3.63) is 35.9 Å². The number of hydrogen-bond donors (Lipinski definition) is 2. The second-order valence-electron chi connectivity index (χ2n) is 3.64. The van der Waals surface area contributed by atoms with Gasteiger partial charge in [-0.05, 0) is 12.0 Å². The zero-order valence-electron chi connectivity index (χ0n) is 10.6. The van der Waals surface area contributed by atoms with Crippen molar-refractivity contribution in [2.45, 2.75) is 13.0 Å². The van der Waals surface area contributed by atoms with E-state index in [4.69, 9.17) is 4.74 Å². The largest absolute Gasteiger partial charge is 0.377 e. The maximum atomic E-state index is 5.57. The summed E-state index contributed by atoms with van der Waals surface area (Å²) in [5, 5.41) is 6.14. The Morgan fingerprint density at radius 1 is 1.29 bits per heavy atom. The van der Waals surface area contributed by atoms with E-state index in [0.717, 1.165) is 25.5 Å². The van der Waals surface area contributed by atoms with E-state index in [1.807, 2.05) is 25.2 Å². The summed E-state index contributed by atoms with van der Waals surface area (Å²) in [5.74, 6) is 0.813. The van der Waals surface area contributed by atoms with E-state index in [9.17, 15) is 0 Å². The molecule has 17 heavy (non-hydrogen) atoms. The van der Waals surface area contributed by atoms with Gasteiger partial charge in [0.25, 0.3) is 0 Å². The molecule has 1 aromatic rings. The summed E-state index contributed by atoms with van der Waals surface area (Å²) in [6.45, 7) is 2.30. The minimum atomic E-state index is 0.682. The van der Waals surface area contributed by atoms with Crippen LogP contribution in [0.2, 0.25) is 0 Å². The van der Waals surface area contributed by atoms with Gasteiger partial charge in [0, 0.05) is 27.2 Å². The molecule has 2 N–H and O–H groups in total. The smallest absolute Gasteiger partial charge is 0.190 e. The van der Waals surface area contributed by atoms with Crippen molar-refractivity contribution in [2.24, 2.45) is 4.99 Å². The van der Waals surface area contributed by atoms with Gasteiger partial charge in [0.1, 0.15) is 0 Å². The molecule has 0 aliphatic carbocycles. The van der Waals surface area contributed by atoms with Crippen molar-refractivity contribution in [3.63, 3.8) is 0 Å². The number of nitrogens with one attached hydrogen (secondary N) is 2. The number of guanidine groups is 1. The maximum Gasteiger partial charge on any atom is 0.190 e. The predicted molar refractivity (Wildman–Crippen MR) is 71.1 cm³/mol. The molecule has 0 unspecified atom stereocenters. The highest BCUT2D eigenvalue weighted by Crippen LogP contribution is 2.00. The van der Waals surface area contributed by atoms with Crippen molar-refractivity contribution in [1.82, 2.24) is 10.6 Å². The van der Waals surface area contributed by atoms with E-state index in [2.05, 4.69) is 27.8 Å². The van der Waals surface area contributed by atoms with Crippen molar-refractivity contribution >= 4 is 5.96 Å². The predicted octanol–water partition coefficient (Wildman–Crippen LogP) is 1.39. The van der Waals surface area contributed by atoms with Gasteiger partial charge in [0.05, 0.1) is 6.61 Å². The van der Waals surface area contributed by atoms with Crippen LogP contribution in [0.15, 0.2) is 35.3 Å². The molecule has 0 amide bonds. The molecular formula is C13H21N3O. The van der Waals surface area contributed by atoms with Gasteiger partial charge >= 0.3 is 0 Å². The number of benzene rings is 1. The van der Waals surface area contributed by atoms with E-state index in [1.54, 1.807) is 7.05 Å². The fourth-order valence-corrected chi connectivity index (χ4v) is 1.42. The molecule has 0 aliphatic heterocycles. The third-order valence-electron chi connectivity index (χ3n) is 2.33. The molecule has 0 saturated heterocycles. The van der Waals surface area contributed by atoms with Gasteiger partial charge in [-0.2, -0.15) is 0 Å². The first kappa shape index (κ1) is 13.5. The maximum absolute atomic E-state index is 5.57. The molecule has 4 heteroatoms. The van der Waals surface area contributed by atoms with Crippen molar-refractivity contribution in [2.75, 3.05) is 27.2 Å². The van der Waals surface area contributed by atoms with Crippen LogP contribution in [0.3, 0.4) is 0 Å². The number of aliphatic imine (C=N–C) groups is 1. The fraction of sp³-hybridized carbons (Fsp3) is 0.462. The average molecular weight is 235 g/mol. The summed E-state index contributed by atoms with van der Waals surface area (Å²) in [6.07, 6.45) is 0.966. The van der Waals surface area contributed by atoms with Crippen LogP contribution in [0, 0.1) is 0 Å². The van der Waals surface area contributed by atoms with Gasteiger partial charge < -0.3 is 15.4 Å². The highest BCUT2D eigenvalue weighted by atomic mass is 16.5. The standard InChI is InChI=1S/C13H21N3O/c1-14-13(15-2)16-9-6-10-17-11-12-7-4-3-5-8-12/h3-5,7-8H,6,9-11H2,1-2H3,(H2,14,15,16). The van der Waals surface area contributed by atoms with Crippen molar-refractivity contribution in [3.8, 4) is 0 Å². The van der Waals surface area contributed by atoms with Gasteiger partial charge in [-0.1, -0.05) is 30.3 Å². The molecule has 0 aliphatic rings. The van der Waals surface area contributed by atoms with Gasteiger partial charge in [-0.3, -0.25) is 4.99 Å². The Labute approximate surface area is 103 Å². The van der Waals surface area contributed by atoms with E-state index in [1.165, 1.54) is 5.56 Å². The molecule has 0 atom stereocenters.